The molecule has 6 nitrogen and oxygen atoms in total. The molecule has 1 unspecified atom stereocenters. The van der Waals surface area contributed by atoms with Crippen molar-refractivity contribution in [1.29, 1.82) is 0 Å². The monoisotopic (exact) mass is 348 g/mol. The average molecular weight is 348 g/mol. The van der Waals surface area contributed by atoms with Gasteiger partial charge < -0.3 is 15.3 Å². The maximum Gasteiger partial charge on any atom is 0.238 e. The molecular formula is C19H32N4O2. The number of benzene rings is 1. The van der Waals surface area contributed by atoms with Crippen molar-refractivity contribution >= 4 is 11.6 Å². The van der Waals surface area contributed by atoms with Crippen molar-refractivity contribution in [3.63, 3.8) is 0 Å². The molecule has 1 aliphatic heterocycles. The summed E-state index contributed by atoms with van der Waals surface area (Å²) in [6, 6.07) is 5.91. The summed E-state index contributed by atoms with van der Waals surface area (Å²) in [6.45, 7) is 9.58. The molecule has 1 atom stereocenters. The molecule has 2 N–H and O–H groups in total. The lowest BCUT2D eigenvalue weighted by Crippen LogP contribution is -2.48. The molecule has 1 aliphatic rings. The van der Waals surface area contributed by atoms with E-state index in [1.165, 1.54) is 5.56 Å². The fourth-order valence-corrected chi connectivity index (χ4v) is 3.08. The van der Waals surface area contributed by atoms with Gasteiger partial charge in [-0.15, -0.1) is 0 Å². The van der Waals surface area contributed by atoms with Crippen molar-refractivity contribution in [1.82, 2.24) is 14.7 Å². The maximum absolute atomic E-state index is 12.2. The number of β-amino-alcohol motifs (C(OH)–C–C–N with tert-alkyl or cyclic N) is 1. The molecule has 1 fully saturated rings. The number of anilines is 1. The molecule has 0 bridgehead atoms. The second-order valence-corrected chi connectivity index (χ2v) is 7.30. The first kappa shape index (κ1) is 19.8. The zero-order valence-corrected chi connectivity index (χ0v) is 16.0. The van der Waals surface area contributed by atoms with Crippen LogP contribution >= 0.6 is 0 Å². The van der Waals surface area contributed by atoms with E-state index in [0.29, 0.717) is 13.1 Å². The molecular weight excluding hydrogens is 316 g/mol. The minimum Gasteiger partial charge on any atom is -0.390 e. The predicted molar refractivity (Wildman–Crippen MR) is 102 cm³/mol. The van der Waals surface area contributed by atoms with Gasteiger partial charge in [0.15, 0.2) is 0 Å². The topological polar surface area (TPSA) is 59.1 Å². The van der Waals surface area contributed by atoms with Crippen molar-refractivity contribution < 1.29 is 9.90 Å². The van der Waals surface area contributed by atoms with E-state index in [1.807, 2.05) is 37.1 Å². The third-order valence-electron chi connectivity index (χ3n) is 4.79. The Morgan fingerprint density at radius 1 is 1.24 bits per heavy atom. The number of aryl methyl sites for hydroxylation is 2. The molecule has 140 valence electrons. The van der Waals surface area contributed by atoms with E-state index in [9.17, 15) is 9.90 Å². The molecule has 1 saturated heterocycles. The Labute approximate surface area is 151 Å². The third kappa shape index (κ3) is 6.74. The van der Waals surface area contributed by atoms with Gasteiger partial charge in [-0.05, 0) is 51.2 Å². The Morgan fingerprint density at radius 3 is 2.56 bits per heavy atom. The van der Waals surface area contributed by atoms with Crippen LogP contribution in [0.4, 0.5) is 5.69 Å². The van der Waals surface area contributed by atoms with E-state index >= 15 is 0 Å². The van der Waals surface area contributed by atoms with Crippen molar-refractivity contribution in [2.24, 2.45) is 0 Å². The number of nitrogens with one attached hydrogen (secondary N) is 1. The first-order valence-corrected chi connectivity index (χ1v) is 8.98. The normalized spacial score (nSPS) is 17.7. The van der Waals surface area contributed by atoms with Gasteiger partial charge in [-0.2, -0.15) is 0 Å². The van der Waals surface area contributed by atoms with Crippen LogP contribution in [0.25, 0.3) is 0 Å². The quantitative estimate of drug-likeness (QED) is 0.763. The Kier molecular flexibility index (Phi) is 7.38. The Hall–Kier alpha value is -1.47. The van der Waals surface area contributed by atoms with Gasteiger partial charge in [0.05, 0.1) is 12.6 Å². The fraction of sp³-hybridized carbons (Fsp3) is 0.632. The van der Waals surface area contributed by atoms with Crippen LogP contribution in [-0.2, 0) is 4.79 Å². The molecule has 25 heavy (non-hydrogen) atoms. The van der Waals surface area contributed by atoms with E-state index in [-0.39, 0.29) is 12.5 Å². The molecule has 2 rings (SSSR count). The van der Waals surface area contributed by atoms with Gasteiger partial charge in [0.25, 0.3) is 0 Å². The van der Waals surface area contributed by atoms with Crippen molar-refractivity contribution in [2.45, 2.75) is 20.0 Å². The molecule has 0 aromatic heterocycles. The van der Waals surface area contributed by atoms with Crippen LogP contribution in [-0.4, -0.2) is 91.7 Å². The number of aliphatic hydroxyl groups excluding tert-OH is 1. The van der Waals surface area contributed by atoms with Gasteiger partial charge in [-0.3, -0.25) is 14.6 Å². The van der Waals surface area contributed by atoms with Crippen LogP contribution in [0.1, 0.15) is 11.1 Å². The van der Waals surface area contributed by atoms with E-state index in [0.717, 1.165) is 37.4 Å². The van der Waals surface area contributed by atoms with Crippen molar-refractivity contribution in [2.75, 3.05) is 65.2 Å². The number of likely N-dealkylation sites (N-methyl/N-ethyl adjacent to an activating group) is 2. The van der Waals surface area contributed by atoms with E-state index < -0.39 is 6.10 Å². The van der Waals surface area contributed by atoms with Crippen LogP contribution in [0.3, 0.4) is 0 Å². The fourth-order valence-electron chi connectivity index (χ4n) is 3.08. The lowest BCUT2D eigenvalue weighted by molar-refractivity contribution is -0.117. The molecule has 0 aliphatic carbocycles. The number of hydrogen-bond donors (Lipinski definition) is 2. The van der Waals surface area contributed by atoms with Gasteiger partial charge in [0, 0.05) is 45.0 Å². The Bertz CT molecular complexity index is 571. The number of aliphatic hydroxyl groups is 1. The van der Waals surface area contributed by atoms with Crippen LogP contribution in [0.5, 0.6) is 0 Å². The third-order valence-corrected chi connectivity index (χ3v) is 4.79. The highest BCUT2D eigenvalue weighted by Crippen LogP contribution is 2.14. The van der Waals surface area contributed by atoms with E-state index in [4.69, 9.17) is 0 Å². The van der Waals surface area contributed by atoms with Gasteiger partial charge in [0.1, 0.15) is 0 Å². The zero-order valence-electron chi connectivity index (χ0n) is 16.0. The number of amides is 1. The predicted octanol–water partition coefficient (Wildman–Crippen LogP) is 0.782. The minimum atomic E-state index is -0.442. The summed E-state index contributed by atoms with van der Waals surface area (Å²) >= 11 is 0. The molecule has 1 aromatic carbocycles. The summed E-state index contributed by atoms with van der Waals surface area (Å²) < 4.78 is 0. The molecule has 0 saturated carbocycles. The maximum atomic E-state index is 12.2. The van der Waals surface area contributed by atoms with Crippen LogP contribution < -0.4 is 5.32 Å². The van der Waals surface area contributed by atoms with Gasteiger partial charge in [-0.1, -0.05) is 6.07 Å². The molecule has 0 spiro atoms. The van der Waals surface area contributed by atoms with Crippen LogP contribution in [0.2, 0.25) is 0 Å². The summed E-state index contributed by atoms with van der Waals surface area (Å²) in [5.74, 6) is -0.0578. The first-order valence-electron chi connectivity index (χ1n) is 8.98. The average Bonchev–Trinajstić information content (AvgIpc) is 2.52. The number of hydrogen-bond acceptors (Lipinski definition) is 5. The lowest BCUT2D eigenvalue weighted by atomic mass is 10.1. The van der Waals surface area contributed by atoms with E-state index in [2.05, 4.69) is 29.1 Å². The Balaban J connectivity index is 1.72. The summed E-state index contributed by atoms with van der Waals surface area (Å²) in [7, 11) is 3.99. The SMILES string of the molecule is Cc1ccc(NC(=O)CN(C)CC(O)CN2CCN(C)CC2)cc1C. The van der Waals surface area contributed by atoms with Crippen molar-refractivity contribution in [3.05, 3.63) is 29.3 Å². The summed E-state index contributed by atoms with van der Waals surface area (Å²) in [4.78, 5) is 18.6. The second kappa shape index (κ2) is 9.29. The summed E-state index contributed by atoms with van der Waals surface area (Å²) in [6.07, 6.45) is -0.442. The van der Waals surface area contributed by atoms with Gasteiger partial charge >= 0.3 is 0 Å². The molecule has 1 aromatic rings. The molecule has 1 amide bonds. The largest absolute Gasteiger partial charge is 0.390 e. The van der Waals surface area contributed by atoms with Crippen molar-refractivity contribution in [3.8, 4) is 0 Å². The smallest absolute Gasteiger partial charge is 0.238 e. The number of nitrogens with zero attached hydrogens (tertiary/aromatic N) is 3. The summed E-state index contributed by atoms with van der Waals surface area (Å²) in [5, 5.41) is 13.2. The van der Waals surface area contributed by atoms with Gasteiger partial charge in [-0.25, -0.2) is 0 Å². The molecule has 0 radical (unpaired) electrons. The van der Waals surface area contributed by atoms with E-state index in [1.54, 1.807) is 0 Å². The number of rotatable bonds is 7. The van der Waals surface area contributed by atoms with Crippen LogP contribution in [0, 0.1) is 13.8 Å². The highest BCUT2D eigenvalue weighted by molar-refractivity contribution is 5.92. The second-order valence-electron chi connectivity index (χ2n) is 7.30. The Morgan fingerprint density at radius 2 is 1.92 bits per heavy atom. The minimum absolute atomic E-state index is 0.0578. The standard InChI is InChI=1S/C19H32N4O2/c1-15-5-6-17(11-16(15)2)20-19(25)14-22(4)12-18(24)13-23-9-7-21(3)8-10-23/h5-6,11,18,24H,7-10,12-14H2,1-4H3,(H,20,25). The zero-order chi connectivity index (χ0) is 18.4. The van der Waals surface area contributed by atoms with Gasteiger partial charge in [0.2, 0.25) is 5.91 Å². The molecule has 1 heterocycles. The highest BCUT2D eigenvalue weighted by Gasteiger charge is 2.18. The highest BCUT2D eigenvalue weighted by atomic mass is 16.3. The first-order chi connectivity index (χ1) is 11.8. The number of carbonyl (C=O) groups excluding carboxylic acids is 1. The number of carbonyl (C=O) groups is 1. The molecule has 6 heteroatoms. The van der Waals surface area contributed by atoms with Crippen LogP contribution in [0.15, 0.2) is 18.2 Å². The summed E-state index contributed by atoms with van der Waals surface area (Å²) in [5.41, 5.74) is 3.19. The number of piperazine rings is 1. The lowest BCUT2D eigenvalue weighted by Gasteiger charge is -2.34.